The summed E-state index contributed by atoms with van der Waals surface area (Å²) in [6.45, 7) is 0.916. The monoisotopic (exact) mass is 341 g/mol. The first-order valence-electron chi connectivity index (χ1n) is 8.39. The number of rotatable bonds is 1. The Bertz CT molecular complexity index is 881. The van der Waals surface area contributed by atoms with Gasteiger partial charge in [0.15, 0.2) is 23.0 Å². The van der Waals surface area contributed by atoms with E-state index in [0.29, 0.717) is 23.7 Å². The van der Waals surface area contributed by atoms with E-state index < -0.39 is 11.6 Å². The van der Waals surface area contributed by atoms with Crippen LogP contribution < -0.4 is 19.5 Å². The summed E-state index contributed by atoms with van der Waals surface area (Å²) in [5.74, 6) is 1.84. The van der Waals surface area contributed by atoms with E-state index in [1.165, 1.54) is 0 Å². The van der Waals surface area contributed by atoms with E-state index in [4.69, 9.17) is 14.2 Å². The molecule has 2 unspecified atom stereocenters. The second kappa shape index (κ2) is 5.03. The number of nitrogens with one attached hydrogen (secondary N) is 1. The van der Waals surface area contributed by atoms with Crippen molar-refractivity contribution in [2.24, 2.45) is 0 Å². The molecule has 25 heavy (non-hydrogen) atoms. The zero-order chi connectivity index (χ0) is 17.2. The summed E-state index contributed by atoms with van der Waals surface area (Å²) in [5, 5.41) is 25.1. The van der Waals surface area contributed by atoms with Crippen LogP contribution in [0.1, 0.15) is 28.4 Å². The van der Waals surface area contributed by atoms with Gasteiger partial charge in [0.05, 0.1) is 12.6 Å². The van der Waals surface area contributed by atoms with Crippen molar-refractivity contribution in [3.63, 3.8) is 0 Å². The highest BCUT2D eigenvalue weighted by atomic mass is 16.7. The number of aromatic hydroxyl groups is 1. The molecule has 3 aliphatic rings. The third-order valence-corrected chi connectivity index (χ3v) is 5.60. The summed E-state index contributed by atoms with van der Waals surface area (Å²) < 4.78 is 16.3. The lowest BCUT2D eigenvalue weighted by molar-refractivity contribution is 0.0643. The van der Waals surface area contributed by atoms with Crippen LogP contribution in [0.4, 0.5) is 0 Å². The molecule has 0 saturated carbocycles. The maximum Gasteiger partial charge on any atom is 0.231 e. The number of hydrogen-bond acceptors (Lipinski definition) is 6. The van der Waals surface area contributed by atoms with Crippen LogP contribution in [0.15, 0.2) is 24.3 Å². The molecule has 0 bridgehead atoms. The molecule has 0 fully saturated rings. The summed E-state index contributed by atoms with van der Waals surface area (Å²) in [6, 6.07) is 7.46. The fourth-order valence-electron chi connectivity index (χ4n) is 4.45. The van der Waals surface area contributed by atoms with Gasteiger partial charge in [-0.2, -0.15) is 0 Å². The molecule has 2 aromatic rings. The average Bonchev–Trinajstić information content (AvgIpc) is 3.19. The van der Waals surface area contributed by atoms with Crippen LogP contribution in [-0.2, 0) is 18.4 Å². The van der Waals surface area contributed by atoms with Gasteiger partial charge < -0.3 is 29.7 Å². The molecule has 2 aromatic carbocycles. The van der Waals surface area contributed by atoms with E-state index in [1.54, 1.807) is 13.2 Å². The number of methoxy groups -OCH3 is 1. The van der Waals surface area contributed by atoms with Crippen LogP contribution in [0.25, 0.3) is 0 Å². The molecular formula is C19H19NO5. The van der Waals surface area contributed by atoms with Gasteiger partial charge in [0.2, 0.25) is 6.79 Å². The fourth-order valence-corrected chi connectivity index (χ4v) is 4.45. The predicted octanol–water partition coefficient (Wildman–Crippen LogP) is 1.76. The van der Waals surface area contributed by atoms with Crippen LogP contribution in [0.3, 0.4) is 0 Å². The molecule has 0 aromatic heterocycles. The maximum atomic E-state index is 11.3. The van der Waals surface area contributed by atoms with Crippen LogP contribution in [0.5, 0.6) is 23.0 Å². The summed E-state index contributed by atoms with van der Waals surface area (Å²) in [4.78, 5) is 0. The molecule has 1 spiro atoms. The topological polar surface area (TPSA) is 80.2 Å². The van der Waals surface area contributed by atoms with Gasteiger partial charge in [0.1, 0.15) is 6.10 Å². The van der Waals surface area contributed by atoms with Gasteiger partial charge in [-0.05, 0) is 47.7 Å². The number of ether oxygens (including phenoxy) is 3. The van der Waals surface area contributed by atoms with Gasteiger partial charge in [-0.25, -0.2) is 0 Å². The van der Waals surface area contributed by atoms with E-state index in [1.807, 2.05) is 18.2 Å². The summed E-state index contributed by atoms with van der Waals surface area (Å²) in [6.07, 6.45) is 0.652. The molecule has 6 nitrogen and oxygen atoms in total. The highest BCUT2D eigenvalue weighted by Gasteiger charge is 2.51. The minimum atomic E-state index is -0.786. The lowest BCUT2D eigenvalue weighted by atomic mass is 9.78. The SMILES string of the molecule is COc1cc2c(cc1O)C1(Cc3ccc4c(c3C1O)OCO4)NCC2. The molecule has 1 aliphatic carbocycles. The normalized spacial score (nSPS) is 25.8. The minimum absolute atomic E-state index is 0.0808. The first-order chi connectivity index (χ1) is 12.1. The highest BCUT2D eigenvalue weighted by molar-refractivity contribution is 5.60. The second-order valence-electron chi connectivity index (χ2n) is 6.78. The van der Waals surface area contributed by atoms with E-state index in [0.717, 1.165) is 35.2 Å². The Kier molecular flexibility index (Phi) is 2.99. The first-order valence-corrected chi connectivity index (χ1v) is 8.39. The molecule has 2 heterocycles. The number of phenolic OH excluding ortho intramolecular Hbond substituents is 1. The third-order valence-electron chi connectivity index (χ3n) is 5.60. The molecule has 0 amide bonds. The largest absolute Gasteiger partial charge is 0.504 e. The Hall–Kier alpha value is -2.44. The van der Waals surface area contributed by atoms with Crippen molar-refractivity contribution < 1.29 is 24.4 Å². The number of aliphatic hydroxyl groups excluding tert-OH is 1. The number of phenols is 1. The Morgan fingerprint density at radius 3 is 2.96 bits per heavy atom. The van der Waals surface area contributed by atoms with Crippen molar-refractivity contribution in [2.75, 3.05) is 20.4 Å². The quantitative estimate of drug-likeness (QED) is 0.733. The first kappa shape index (κ1) is 14.9. The number of fused-ring (bicyclic) bond motifs is 5. The van der Waals surface area contributed by atoms with Gasteiger partial charge in [0.25, 0.3) is 0 Å². The Balaban J connectivity index is 1.68. The lowest BCUT2D eigenvalue weighted by Gasteiger charge is -2.40. The third kappa shape index (κ3) is 1.86. The van der Waals surface area contributed by atoms with Crippen molar-refractivity contribution in [3.8, 4) is 23.0 Å². The van der Waals surface area contributed by atoms with Crippen LogP contribution in [0, 0.1) is 0 Å². The zero-order valence-electron chi connectivity index (χ0n) is 13.8. The van der Waals surface area contributed by atoms with Crippen molar-refractivity contribution in [2.45, 2.75) is 24.5 Å². The maximum absolute atomic E-state index is 11.3. The average molecular weight is 341 g/mol. The smallest absolute Gasteiger partial charge is 0.231 e. The van der Waals surface area contributed by atoms with Gasteiger partial charge in [-0.1, -0.05) is 6.07 Å². The minimum Gasteiger partial charge on any atom is -0.504 e. The molecule has 5 rings (SSSR count). The molecule has 2 aliphatic heterocycles. The van der Waals surface area contributed by atoms with Crippen molar-refractivity contribution >= 4 is 0 Å². The lowest BCUT2D eigenvalue weighted by Crippen LogP contribution is -2.50. The van der Waals surface area contributed by atoms with E-state index in [9.17, 15) is 10.2 Å². The molecule has 0 saturated heterocycles. The van der Waals surface area contributed by atoms with E-state index in [-0.39, 0.29) is 12.5 Å². The zero-order valence-corrected chi connectivity index (χ0v) is 13.8. The predicted molar refractivity (Wildman–Crippen MR) is 89.3 cm³/mol. The van der Waals surface area contributed by atoms with Gasteiger partial charge in [-0.3, -0.25) is 0 Å². The van der Waals surface area contributed by atoms with Crippen molar-refractivity contribution in [1.29, 1.82) is 0 Å². The van der Waals surface area contributed by atoms with E-state index in [2.05, 4.69) is 5.32 Å². The van der Waals surface area contributed by atoms with E-state index >= 15 is 0 Å². The molecule has 6 heteroatoms. The molecule has 2 atom stereocenters. The van der Waals surface area contributed by atoms with Crippen LogP contribution >= 0.6 is 0 Å². The van der Waals surface area contributed by atoms with Crippen LogP contribution in [0.2, 0.25) is 0 Å². The summed E-state index contributed by atoms with van der Waals surface area (Å²) in [5.41, 5.74) is 3.13. The molecule has 130 valence electrons. The Morgan fingerprint density at radius 1 is 1.24 bits per heavy atom. The number of benzene rings is 2. The molecular weight excluding hydrogens is 322 g/mol. The Labute approximate surface area is 145 Å². The van der Waals surface area contributed by atoms with Gasteiger partial charge in [0, 0.05) is 12.1 Å². The van der Waals surface area contributed by atoms with Crippen molar-refractivity contribution in [1.82, 2.24) is 5.32 Å². The number of hydrogen-bond donors (Lipinski definition) is 3. The van der Waals surface area contributed by atoms with Crippen LogP contribution in [-0.4, -0.2) is 30.7 Å². The standard InChI is InChI=1S/C19H19NO5/c1-23-15-6-10-4-5-20-19(12(10)7-13(15)21)8-11-2-3-14-17(25-9-24-14)16(11)18(19)22/h2-3,6-7,18,20-22H,4-5,8-9H2,1H3. The number of aliphatic hydroxyl groups is 1. The molecule has 0 radical (unpaired) electrons. The summed E-state index contributed by atoms with van der Waals surface area (Å²) in [7, 11) is 1.54. The fraction of sp³-hybridized carbons (Fsp3) is 0.368. The second-order valence-corrected chi connectivity index (χ2v) is 6.78. The van der Waals surface area contributed by atoms with Crippen molar-refractivity contribution in [3.05, 3.63) is 46.5 Å². The summed E-state index contributed by atoms with van der Waals surface area (Å²) >= 11 is 0. The highest BCUT2D eigenvalue weighted by Crippen LogP contribution is 2.55. The Morgan fingerprint density at radius 2 is 2.12 bits per heavy atom. The molecule has 3 N–H and O–H groups in total. The van der Waals surface area contributed by atoms with Gasteiger partial charge >= 0.3 is 0 Å². The van der Waals surface area contributed by atoms with Gasteiger partial charge in [-0.15, -0.1) is 0 Å².